The molecule has 0 aliphatic carbocycles. The summed E-state index contributed by atoms with van der Waals surface area (Å²) in [5, 5.41) is 0. The van der Waals surface area contributed by atoms with Gasteiger partial charge in [-0.15, -0.1) is 11.8 Å². The van der Waals surface area contributed by atoms with Crippen LogP contribution in [-0.2, 0) is 0 Å². The molecule has 3 nitrogen and oxygen atoms in total. The molecule has 5 heteroatoms. The largest absolute Gasteiger partial charge is 0.496 e. The molecule has 2 aromatic rings. The van der Waals surface area contributed by atoms with Gasteiger partial charge in [0, 0.05) is 27.3 Å². The van der Waals surface area contributed by atoms with Crippen LogP contribution in [0.5, 0.6) is 5.75 Å². The fraction of sp³-hybridized carbons (Fsp3) is 0.458. The van der Waals surface area contributed by atoms with E-state index in [-0.39, 0.29) is 16.6 Å². The third-order valence-electron chi connectivity index (χ3n) is 5.67. The minimum absolute atomic E-state index is 0.0203. The molecule has 29 heavy (non-hydrogen) atoms. The summed E-state index contributed by atoms with van der Waals surface area (Å²) in [5.41, 5.74) is 7.63. The van der Waals surface area contributed by atoms with Crippen LogP contribution in [0.1, 0.15) is 57.5 Å². The van der Waals surface area contributed by atoms with Crippen LogP contribution in [0.4, 0.5) is 0 Å². The SMILES string of the molecule is COc1cc(C(=O)c2ccccc2)c(SCC(N)(C(C)(C)C)C(C)(C)C)cc1Br. The van der Waals surface area contributed by atoms with E-state index < -0.39 is 5.54 Å². The summed E-state index contributed by atoms with van der Waals surface area (Å²) >= 11 is 5.20. The van der Waals surface area contributed by atoms with E-state index >= 15 is 0 Å². The van der Waals surface area contributed by atoms with E-state index in [0.717, 1.165) is 9.37 Å². The summed E-state index contributed by atoms with van der Waals surface area (Å²) in [6.07, 6.45) is 0. The highest BCUT2D eigenvalue weighted by Crippen LogP contribution is 2.46. The molecule has 0 aliphatic heterocycles. The van der Waals surface area contributed by atoms with Crippen molar-refractivity contribution in [2.75, 3.05) is 12.9 Å². The zero-order valence-electron chi connectivity index (χ0n) is 18.4. The Balaban J connectivity index is 2.49. The fourth-order valence-corrected chi connectivity index (χ4v) is 5.90. The summed E-state index contributed by atoms with van der Waals surface area (Å²) in [6.45, 7) is 13.1. The Labute approximate surface area is 187 Å². The maximum absolute atomic E-state index is 13.2. The summed E-state index contributed by atoms with van der Waals surface area (Å²) in [5.74, 6) is 1.31. The van der Waals surface area contributed by atoms with Gasteiger partial charge in [-0.2, -0.15) is 0 Å². The van der Waals surface area contributed by atoms with Gasteiger partial charge < -0.3 is 10.5 Å². The Morgan fingerprint density at radius 3 is 2.07 bits per heavy atom. The van der Waals surface area contributed by atoms with Crippen molar-refractivity contribution in [3.63, 3.8) is 0 Å². The third-order valence-corrected chi connectivity index (χ3v) is 7.53. The zero-order chi connectivity index (χ0) is 22.0. The highest BCUT2D eigenvalue weighted by Gasteiger charge is 2.47. The number of nitrogens with two attached hydrogens (primary N) is 1. The van der Waals surface area contributed by atoms with Crippen molar-refractivity contribution < 1.29 is 9.53 Å². The lowest BCUT2D eigenvalue weighted by atomic mass is 9.62. The summed E-state index contributed by atoms with van der Waals surface area (Å²) < 4.78 is 6.27. The van der Waals surface area contributed by atoms with E-state index in [9.17, 15) is 4.79 Å². The predicted octanol–water partition coefficient (Wildman–Crippen LogP) is 6.57. The predicted molar refractivity (Wildman–Crippen MR) is 127 cm³/mol. The van der Waals surface area contributed by atoms with Crippen LogP contribution >= 0.6 is 27.7 Å². The van der Waals surface area contributed by atoms with Crippen LogP contribution in [0.15, 0.2) is 51.8 Å². The summed E-state index contributed by atoms with van der Waals surface area (Å²) in [7, 11) is 1.60. The van der Waals surface area contributed by atoms with Gasteiger partial charge in [-0.05, 0) is 38.9 Å². The van der Waals surface area contributed by atoms with Gasteiger partial charge in [0.15, 0.2) is 5.78 Å². The molecular formula is C24H32BrNO2S. The van der Waals surface area contributed by atoms with E-state index in [2.05, 4.69) is 57.5 Å². The number of thioether (sulfide) groups is 1. The number of ether oxygens (including phenoxy) is 1. The van der Waals surface area contributed by atoms with Gasteiger partial charge in [0.1, 0.15) is 5.75 Å². The van der Waals surface area contributed by atoms with E-state index in [1.807, 2.05) is 42.5 Å². The highest BCUT2D eigenvalue weighted by molar-refractivity contribution is 9.10. The Morgan fingerprint density at radius 1 is 1.03 bits per heavy atom. The number of rotatable bonds is 6. The quantitative estimate of drug-likeness (QED) is 0.377. The van der Waals surface area contributed by atoms with Gasteiger partial charge >= 0.3 is 0 Å². The summed E-state index contributed by atoms with van der Waals surface area (Å²) in [4.78, 5) is 14.1. The Kier molecular flexibility index (Phi) is 7.30. The Bertz CT molecular complexity index is 853. The molecular weight excluding hydrogens is 446 g/mol. The molecule has 158 valence electrons. The average molecular weight is 478 g/mol. The second-order valence-electron chi connectivity index (χ2n) is 9.44. The zero-order valence-corrected chi connectivity index (χ0v) is 20.8. The monoisotopic (exact) mass is 477 g/mol. The van der Waals surface area contributed by atoms with Crippen LogP contribution in [0.3, 0.4) is 0 Å². The lowest BCUT2D eigenvalue weighted by molar-refractivity contribution is 0.0825. The van der Waals surface area contributed by atoms with Crippen LogP contribution < -0.4 is 10.5 Å². The average Bonchev–Trinajstić information content (AvgIpc) is 2.64. The Morgan fingerprint density at radius 2 is 1.59 bits per heavy atom. The first kappa shape index (κ1) is 24.0. The van der Waals surface area contributed by atoms with Gasteiger partial charge in [-0.3, -0.25) is 4.79 Å². The molecule has 0 radical (unpaired) electrons. The first-order chi connectivity index (χ1) is 13.3. The molecule has 2 aromatic carbocycles. The molecule has 0 saturated carbocycles. The number of hydrogen-bond donors (Lipinski definition) is 1. The van der Waals surface area contributed by atoms with Crippen molar-refractivity contribution in [2.45, 2.75) is 52.0 Å². The van der Waals surface area contributed by atoms with Gasteiger partial charge in [0.2, 0.25) is 0 Å². The van der Waals surface area contributed by atoms with Crippen molar-refractivity contribution >= 4 is 33.5 Å². The Hall–Kier alpha value is -1.30. The molecule has 0 spiro atoms. The highest BCUT2D eigenvalue weighted by atomic mass is 79.9. The molecule has 0 saturated heterocycles. The second kappa shape index (κ2) is 8.83. The second-order valence-corrected chi connectivity index (χ2v) is 11.3. The number of carbonyl (C=O) groups excluding carboxylic acids is 1. The van der Waals surface area contributed by atoms with Crippen LogP contribution in [0, 0.1) is 10.8 Å². The third kappa shape index (κ3) is 5.07. The van der Waals surface area contributed by atoms with E-state index in [0.29, 0.717) is 22.6 Å². The molecule has 0 fully saturated rings. The normalized spacial score (nSPS) is 12.7. The smallest absolute Gasteiger partial charge is 0.194 e. The van der Waals surface area contributed by atoms with E-state index in [4.69, 9.17) is 10.5 Å². The molecule has 0 aromatic heterocycles. The lowest BCUT2D eigenvalue weighted by Gasteiger charge is -2.51. The molecule has 2 N–H and O–H groups in total. The van der Waals surface area contributed by atoms with E-state index in [1.165, 1.54) is 0 Å². The van der Waals surface area contributed by atoms with Gasteiger partial charge in [0.05, 0.1) is 11.6 Å². The van der Waals surface area contributed by atoms with Crippen molar-refractivity contribution in [2.24, 2.45) is 16.6 Å². The van der Waals surface area contributed by atoms with Crippen molar-refractivity contribution in [1.29, 1.82) is 0 Å². The lowest BCUT2D eigenvalue weighted by Crippen LogP contribution is -2.62. The molecule has 0 amide bonds. The molecule has 0 bridgehead atoms. The number of benzene rings is 2. The molecule has 0 heterocycles. The number of hydrogen-bond acceptors (Lipinski definition) is 4. The maximum atomic E-state index is 13.2. The van der Waals surface area contributed by atoms with Crippen LogP contribution in [0.2, 0.25) is 0 Å². The topological polar surface area (TPSA) is 52.3 Å². The van der Waals surface area contributed by atoms with Gasteiger partial charge in [-0.1, -0.05) is 71.9 Å². The number of halogens is 1. The van der Waals surface area contributed by atoms with Crippen molar-refractivity contribution in [3.8, 4) is 5.75 Å². The standard InChI is InChI=1S/C24H32BrNO2S/c1-22(2,3)24(26,23(4,5)6)15-29-20-14-18(25)19(28-7)13-17(20)21(27)16-11-9-8-10-12-16/h8-14H,15,26H2,1-7H3. The first-order valence-electron chi connectivity index (χ1n) is 9.71. The number of ketones is 1. The number of methoxy groups -OCH3 is 1. The van der Waals surface area contributed by atoms with Crippen molar-refractivity contribution in [3.05, 3.63) is 58.1 Å². The molecule has 0 unspecified atom stereocenters. The molecule has 0 atom stereocenters. The van der Waals surface area contributed by atoms with Crippen molar-refractivity contribution in [1.82, 2.24) is 0 Å². The minimum atomic E-state index is -0.440. The number of carbonyl (C=O) groups is 1. The first-order valence-corrected chi connectivity index (χ1v) is 11.5. The fourth-order valence-electron chi connectivity index (χ4n) is 3.48. The van der Waals surface area contributed by atoms with E-state index in [1.54, 1.807) is 18.9 Å². The van der Waals surface area contributed by atoms with Gasteiger partial charge in [0.25, 0.3) is 0 Å². The molecule has 0 aliphatic rings. The summed E-state index contributed by atoms with van der Waals surface area (Å²) in [6, 6.07) is 13.1. The molecule has 2 rings (SSSR count). The minimum Gasteiger partial charge on any atom is -0.496 e. The van der Waals surface area contributed by atoms with Crippen LogP contribution in [-0.4, -0.2) is 24.2 Å². The maximum Gasteiger partial charge on any atom is 0.194 e. The van der Waals surface area contributed by atoms with Crippen LogP contribution in [0.25, 0.3) is 0 Å². The van der Waals surface area contributed by atoms with Gasteiger partial charge in [-0.25, -0.2) is 0 Å².